The largest absolute Gasteiger partial charge is 0.497 e. The molecule has 2 aromatic heterocycles. The van der Waals surface area contributed by atoms with E-state index in [0.717, 1.165) is 33.6 Å². The normalized spacial score (nSPS) is 9.78. The van der Waals surface area contributed by atoms with Gasteiger partial charge in [-0.1, -0.05) is 23.7 Å². The van der Waals surface area contributed by atoms with Gasteiger partial charge in [0.25, 0.3) is 0 Å². The number of hydrogen-bond donors (Lipinski definition) is 0. The Bertz CT molecular complexity index is 1310. The van der Waals surface area contributed by atoms with Crippen LogP contribution >= 0.6 is 0 Å². The Kier molecular flexibility index (Phi) is 7.70. The van der Waals surface area contributed by atoms with Crippen LogP contribution in [-0.4, -0.2) is 38.4 Å². The monoisotopic (exact) mass is 476 g/mol. The molecular weight excluding hydrogens is 452 g/mol. The van der Waals surface area contributed by atoms with Crippen LogP contribution in [0, 0.1) is 23.7 Å². The Morgan fingerprint density at radius 3 is 1.06 bits per heavy atom. The second kappa shape index (κ2) is 11.5. The molecule has 0 aliphatic carbocycles. The minimum absolute atomic E-state index is 0.689. The zero-order valence-corrected chi connectivity index (χ0v) is 20.5. The summed E-state index contributed by atoms with van der Waals surface area (Å²) in [4.78, 5) is 9.02. The number of benzene rings is 2. The van der Waals surface area contributed by atoms with Crippen molar-refractivity contribution in [3.05, 3.63) is 95.3 Å². The lowest BCUT2D eigenvalue weighted by Crippen LogP contribution is -1.90. The molecule has 6 nitrogen and oxygen atoms in total. The number of nitrogens with zero attached hydrogens (tertiary/aromatic N) is 2. The van der Waals surface area contributed by atoms with Gasteiger partial charge in [0.2, 0.25) is 0 Å². The van der Waals surface area contributed by atoms with Gasteiger partial charge >= 0.3 is 0 Å². The third kappa shape index (κ3) is 6.14. The van der Waals surface area contributed by atoms with Crippen LogP contribution in [0.3, 0.4) is 0 Å². The highest BCUT2D eigenvalue weighted by Gasteiger charge is 2.03. The first-order valence-electron chi connectivity index (χ1n) is 11.0. The van der Waals surface area contributed by atoms with E-state index in [4.69, 9.17) is 18.9 Å². The lowest BCUT2D eigenvalue weighted by molar-refractivity contribution is 0.394. The highest BCUT2D eigenvalue weighted by molar-refractivity contribution is 5.57. The first-order chi connectivity index (χ1) is 17.6. The summed E-state index contributed by atoms with van der Waals surface area (Å²) >= 11 is 0. The fourth-order valence-corrected chi connectivity index (χ4v) is 3.29. The van der Waals surface area contributed by atoms with Crippen molar-refractivity contribution in [2.75, 3.05) is 28.4 Å². The minimum Gasteiger partial charge on any atom is -0.497 e. The van der Waals surface area contributed by atoms with E-state index in [-0.39, 0.29) is 0 Å². The third-order valence-corrected chi connectivity index (χ3v) is 5.19. The van der Waals surface area contributed by atoms with Crippen LogP contribution in [0.15, 0.2) is 73.1 Å². The smallest absolute Gasteiger partial charge is 0.123 e. The maximum absolute atomic E-state index is 5.29. The molecule has 178 valence electrons. The number of rotatable bonds is 5. The van der Waals surface area contributed by atoms with Crippen molar-refractivity contribution >= 4 is 0 Å². The maximum atomic E-state index is 5.29. The molecule has 4 aromatic rings. The van der Waals surface area contributed by atoms with Gasteiger partial charge in [0.1, 0.15) is 23.0 Å². The summed E-state index contributed by atoms with van der Waals surface area (Å²) in [5.74, 6) is 15.2. The molecule has 6 heteroatoms. The summed E-state index contributed by atoms with van der Waals surface area (Å²) in [5, 5.41) is 0. The number of aromatic nitrogens is 2. The van der Waals surface area contributed by atoms with E-state index in [9.17, 15) is 0 Å². The van der Waals surface area contributed by atoms with Crippen molar-refractivity contribution in [3.8, 4) is 58.1 Å². The van der Waals surface area contributed by atoms with Crippen molar-refractivity contribution in [3.63, 3.8) is 0 Å². The molecule has 0 N–H and O–H groups in total. The Hall–Kier alpha value is -4.94. The molecule has 4 rings (SSSR count). The molecule has 0 saturated heterocycles. The van der Waals surface area contributed by atoms with Crippen molar-refractivity contribution in [1.82, 2.24) is 9.97 Å². The molecule has 0 atom stereocenters. The summed E-state index contributed by atoms with van der Waals surface area (Å²) in [5.41, 5.74) is 4.66. The van der Waals surface area contributed by atoms with Gasteiger partial charge in [0.15, 0.2) is 0 Å². The zero-order valence-electron chi connectivity index (χ0n) is 20.5. The number of pyridine rings is 2. The topological polar surface area (TPSA) is 62.7 Å². The summed E-state index contributed by atoms with van der Waals surface area (Å²) < 4.78 is 21.2. The van der Waals surface area contributed by atoms with Gasteiger partial charge in [-0.25, -0.2) is 0 Å². The SMILES string of the molecule is COc1cc(C#Cc2ccc(-c3ccc(C#Cc4cc(OC)cc(OC)c4)cn3)nc2)cc(OC)c1. The molecule has 0 fully saturated rings. The molecule has 2 heterocycles. The van der Waals surface area contributed by atoms with E-state index < -0.39 is 0 Å². The molecule has 0 aliphatic rings. The molecule has 0 bridgehead atoms. The molecule has 36 heavy (non-hydrogen) atoms. The van der Waals surface area contributed by atoms with Gasteiger partial charge in [-0.2, -0.15) is 0 Å². The van der Waals surface area contributed by atoms with Crippen LogP contribution in [0.5, 0.6) is 23.0 Å². The lowest BCUT2D eigenvalue weighted by atomic mass is 10.1. The van der Waals surface area contributed by atoms with Crippen molar-refractivity contribution in [1.29, 1.82) is 0 Å². The Morgan fingerprint density at radius 1 is 0.444 bits per heavy atom. The Balaban J connectivity index is 1.48. The quantitative estimate of drug-likeness (QED) is 0.379. The van der Waals surface area contributed by atoms with Gasteiger partial charge < -0.3 is 18.9 Å². The second-order valence-electron chi connectivity index (χ2n) is 7.57. The first-order valence-corrected chi connectivity index (χ1v) is 11.0. The molecule has 0 amide bonds. The van der Waals surface area contributed by atoms with Crippen molar-refractivity contribution in [2.45, 2.75) is 0 Å². The fourth-order valence-electron chi connectivity index (χ4n) is 3.29. The number of methoxy groups -OCH3 is 4. The third-order valence-electron chi connectivity index (χ3n) is 5.19. The average molecular weight is 477 g/mol. The predicted octanol–water partition coefficient (Wildman–Crippen LogP) is 4.98. The maximum Gasteiger partial charge on any atom is 0.123 e. The van der Waals surface area contributed by atoms with Crippen molar-refractivity contribution < 1.29 is 18.9 Å². The van der Waals surface area contributed by atoms with Crippen LogP contribution in [0.25, 0.3) is 11.4 Å². The average Bonchev–Trinajstić information content (AvgIpc) is 2.95. The highest BCUT2D eigenvalue weighted by atomic mass is 16.5. The predicted molar refractivity (Wildman–Crippen MR) is 139 cm³/mol. The van der Waals surface area contributed by atoms with Gasteiger partial charge in [0, 0.05) is 46.8 Å². The van der Waals surface area contributed by atoms with Crippen molar-refractivity contribution in [2.24, 2.45) is 0 Å². The summed E-state index contributed by atoms with van der Waals surface area (Å²) in [6.07, 6.45) is 3.45. The summed E-state index contributed by atoms with van der Waals surface area (Å²) in [7, 11) is 6.44. The summed E-state index contributed by atoms with van der Waals surface area (Å²) in [6.45, 7) is 0. The molecule has 0 radical (unpaired) electrons. The van der Waals surface area contributed by atoms with Crippen LogP contribution in [0.4, 0.5) is 0 Å². The molecule has 2 aromatic carbocycles. The second-order valence-corrected chi connectivity index (χ2v) is 7.57. The highest BCUT2D eigenvalue weighted by Crippen LogP contribution is 2.23. The van der Waals surface area contributed by atoms with Gasteiger partial charge in [0.05, 0.1) is 39.8 Å². The summed E-state index contributed by atoms with van der Waals surface area (Å²) in [6, 6.07) is 18.7. The fraction of sp³-hybridized carbons (Fsp3) is 0.133. The van der Waals surface area contributed by atoms with Crippen LogP contribution in [0.2, 0.25) is 0 Å². The van der Waals surface area contributed by atoms with Crippen LogP contribution in [0.1, 0.15) is 22.3 Å². The molecule has 0 aliphatic heterocycles. The van der Waals surface area contributed by atoms with E-state index in [1.165, 1.54) is 0 Å². The van der Waals surface area contributed by atoms with Crippen LogP contribution in [-0.2, 0) is 0 Å². The number of ether oxygens (including phenoxy) is 4. The first kappa shape index (κ1) is 24.2. The van der Waals surface area contributed by atoms with E-state index in [0.29, 0.717) is 23.0 Å². The Morgan fingerprint density at radius 2 is 0.778 bits per heavy atom. The van der Waals surface area contributed by atoms with E-state index in [1.54, 1.807) is 53.0 Å². The zero-order chi connectivity index (χ0) is 25.3. The molecule has 0 saturated carbocycles. The molecule has 0 unspecified atom stereocenters. The van der Waals surface area contributed by atoms with Gasteiger partial charge in [-0.05, 0) is 48.5 Å². The van der Waals surface area contributed by atoms with Gasteiger partial charge in [-0.15, -0.1) is 0 Å². The van der Waals surface area contributed by atoms with E-state index >= 15 is 0 Å². The minimum atomic E-state index is 0.689. The standard InChI is InChI=1S/C30H24N2O4/c1-33-25-13-23(14-26(17-25)34-2)7-5-21-9-11-29(31-19-21)30-12-10-22(20-32-30)6-8-24-15-27(35-3)18-28(16-24)36-4/h9-20H,1-4H3. The van der Waals surface area contributed by atoms with Gasteiger partial charge in [-0.3, -0.25) is 9.97 Å². The lowest BCUT2D eigenvalue weighted by Gasteiger charge is -2.04. The number of hydrogen-bond acceptors (Lipinski definition) is 6. The molecular formula is C30H24N2O4. The Labute approximate surface area is 210 Å². The van der Waals surface area contributed by atoms with Crippen LogP contribution < -0.4 is 18.9 Å². The van der Waals surface area contributed by atoms with E-state index in [1.807, 2.05) is 48.5 Å². The molecule has 0 spiro atoms. The van der Waals surface area contributed by atoms with E-state index in [2.05, 4.69) is 33.6 Å².